The number of thioether (sulfide) groups is 1. The van der Waals surface area contributed by atoms with Gasteiger partial charge in [-0.2, -0.15) is 5.26 Å². The smallest absolute Gasteiger partial charge is 0.269 e. The summed E-state index contributed by atoms with van der Waals surface area (Å²) in [5, 5.41) is 12.2. The fourth-order valence-electron chi connectivity index (χ4n) is 1.97. The predicted octanol–water partition coefficient (Wildman–Crippen LogP) is 3.63. The molecule has 1 amide bonds. The molecule has 0 radical (unpaired) electrons. The highest BCUT2D eigenvalue weighted by molar-refractivity contribution is 8.00. The lowest BCUT2D eigenvalue weighted by molar-refractivity contribution is -0.115. The lowest BCUT2D eigenvalue weighted by Crippen LogP contribution is -2.24. The molecule has 0 aliphatic heterocycles. The van der Waals surface area contributed by atoms with Gasteiger partial charge in [0.15, 0.2) is 5.16 Å². The van der Waals surface area contributed by atoms with Crippen LogP contribution in [0, 0.1) is 11.3 Å². The van der Waals surface area contributed by atoms with E-state index in [-0.39, 0.29) is 16.6 Å². The molecule has 25 heavy (non-hydrogen) atoms. The Morgan fingerprint density at radius 1 is 1.48 bits per heavy atom. The quantitative estimate of drug-likeness (QED) is 0.593. The maximum atomic E-state index is 12.3. The van der Waals surface area contributed by atoms with E-state index < -0.39 is 10.8 Å². The van der Waals surface area contributed by atoms with Crippen LogP contribution in [0.3, 0.4) is 0 Å². The molecule has 1 aromatic carbocycles. The third-order valence-corrected chi connectivity index (χ3v) is 4.81. The first-order valence-electron chi connectivity index (χ1n) is 7.31. The number of aryl methyl sites for hydroxylation is 1. The van der Waals surface area contributed by atoms with E-state index in [1.165, 1.54) is 0 Å². The average molecular weight is 397 g/mol. The fraction of sp³-hybridized carbons (Fsp3) is 0.250. The van der Waals surface area contributed by atoms with Crippen LogP contribution in [0.1, 0.15) is 25.1 Å². The van der Waals surface area contributed by atoms with Gasteiger partial charge in [-0.05, 0) is 31.5 Å². The molecule has 0 aliphatic carbocycles. The minimum atomic E-state index is -0.559. The van der Waals surface area contributed by atoms with E-state index in [9.17, 15) is 9.59 Å². The first-order chi connectivity index (χ1) is 11.8. The number of aromatic amines is 1. The predicted molar refractivity (Wildman–Crippen MR) is 99.4 cm³/mol. The summed E-state index contributed by atoms with van der Waals surface area (Å²) in [4.78, 5) is 31.0. The van der Waals surface area contributed by atoms with Crippen molar-refractivity contribution < 1.29 is 4.79 Å². The molecular formula is C16H14Cl2N4O2S. The summed E-state index contributed by atoms with van der Waals surface area (Å²) in [5.74, 6) is -0.320. The van der Waals surface area contributed by atoms with Crippen molar-refractivity contribution in [2.24, 2.45) is 0 Å². The number of carbonyl (C=O) groups excluding carboxylic acids is 1. The van der Waals surface area contributed by atoms with Gasteiger partial charge in [-0.1, -0.05) is 41.9 Å². The summed E-state index contributed by atoms with van der Waals surface area (Å²) in [5.41, 5.74) is 0.290. The van der Waals surface area contributed by atoms with Gasteiger partial charge >= 0.3 is 0 Å². The summed E-state index contributed by atoms with van der Waals surface area (Å²) >= 11 is 13.0. The van der Waals surface area contributed by atoms with Crippen molar-refractivity contribution in [2.75, 3.05) is 5.32 Å². The third kappa shape index (κ3) is 4.75. The molecule has 1 heterocycles. The van der Waals surface area contributed by atoms with E-state index in [0.29, 0.717) is 27.8 Å². The number of nitriles is 1. The average Bonchev–Trinajstić information content (AvgIpc) is 2.57. The molecule has 1 aromatic heterocycles. The van der Waals surface area contributed by atoms with Gasteiger partial charge in [-0.25, -0.2) is 4.98 Å². The Bertz CT molecular complexity index is 908. The van der Waals surface area contributed by atoms with Crippen molar-refractivity contribution in [3.05, 3.63) is 49.9 Å². The number of hydrogen-bond donors (Lipinski definition) is 2. The van der Waals surface area contributed by atoms with Crippen LogP contribution in [0.5, 0.6) is 0 Å². The molecule has 0 unspecified atom stereocenters. The lowest BCUT2D eigenvalue weighted by Gasteiger charge is -2.13. The number of hydrogen-bond acceptors (Lipinski definition) is 5. The highest BCUT2D eigenvalue weighted by Crippen LogP contribution is 2.27. The third-order valence-electron chi connectivity index (χ3n) is 3.26. The molecule has 130 valence electrons. The van der Waals surface area contributed by atoms with Crippen molar-refractivity contribution in [1.82, 2.24) is 9.97 Å². The maximum Gasteiger partial charge on any atom is 0.269 e. The van der Waals surface area contributed by atoms with Gasteiger partial charge in [-0.3, -0.25) is 9.59 Å². The minimum absolute atomic E-state index is 0.00494. The number of aromatic nitrogens is 2. The van der Waals surface area contributed by atoms with E-state index in [1.807, 2.05) is 6.07 Å². The second-order valence-electron chi connectivity index (χ2n) is 5.03. The summed E-state index contributed by atoms with van der Waals surface area (Å²) in [6.45, 7) is 3.47. The molecule has 6 nitrogen and oxygen atoms in total. The number of benzene rings is 1. The first-order valence-corrected chi connectivity index (χ1v) is 8.95. The van der Waals surface area contributed by atoms with E-state index in [0.717, 1.165) is 11.8 Å². The summed E-state index contributed by atoms with van der Waals surface area (Å²) in [6.07, 6.45) is 0.444. The zero-order chi connectivity index (χ0) is 18.6. The number of carbonyl (C=O) groups is 1. The van der Waals surface area contributed by atoms with Crippen molar-refractivity contribution in [2.45, 2.75) is 30.7 Å². The molecular weight excluding hydrogens is 383 g/mol. The molecule has 2 rings (SSSR count). The number of H-pyrrole nitrogens is 1. The summed E-state index contributed by atoms with van der Waals surface area (Å²) in [7, 11) is 0. The maximum absolute atomic E-state index is 12.3. The van der Waals surface area contributed by atoms with E-state index >= 15 is 0 Å². The van der Waals surface area contributed by atoms with Crippen LogP contribution in [0.4, 0.5) is 5.69 Å². The van der Waals surface area contributed by atoms with E-state index in [2.05, 4.69) is 15.3 Å². The van der Waals surface area contributed by atoms with Gasteiger partial charge in [-0.15, -0.1) is 0 Å². The Hall–Kier alpha value is -2.01. The SMILES string of the molecule is CCc1nc(S[C@H](C)C(=O)Nc2cc(Cl)ccc2Cl)[nH]c(=O)c1C#N. The fourth-order valence-corrected chi connectivity index (χ4v) is 3.12. The Balaban J connectivity index is 2.16. The van der Waals surface area contributed by atoms with Gasteiger partial charge in [0.25, 0.3) is 5.56 Å². The van der Waals surface area contributed by atoms with Crippen LogP contribution >= 0.6 is 35.0 Å². The molecule has 0 fully saturated rings. The molecule has 0 aliphatic rings. The van der Waals surface area contributed by atoms with Crippen LogP contribution in [0.25, 0.3) is 0 Å². The van der Waals surface area contributed by atoms with Gasteiger partial charge in [0, 0.05) is 5.02 Å². The number of anilines is 1. The van der Waals surface area contributed by atoms with Gasteiger partial charge in [0.05, 0.1) is 21.7 Å². The molecule has 9 heteroatoms. The molecule has 0 spiro atoms. The molecule has 0 saturated carbocycles. The molecule has 1 atom stereocenters. The number of nitrogens with one attached hydrogen (secondary N) is 2. The highest BCUT2D eigenvalue weighted by atomic mass is 35.5. The topological polar surface area (TPSA) is 98.6 Å². The van der Waals surface area contributed by atoms with Gasteiger partial charge < -0.3 is 10.3 Å². The second-order valence-corrected chi connectivity index (χ2v) is 7.20. The van der Waals surface area contributed by atoms with Gasteiger partial charge in [0.2, 0.25) is 5.91 Å². The summed E-state index contributed by atoms with van der Waals surface area (Å²) in [6, 6.07) is 6.60. The largest absolute Gasteiger partial charge is 0.324 e. The van der Waals surface area contributed by atoms with Crippen molar-refractivity contribution in [3.8, 4) is 6.07 Å². The van der Waals surface area contributed by atoms with Crippen molar-refractivity contribution in [3.63, 3.8) is 0 Å². The highest BCUT2D eigenvalue weighted by Gasteiger charge is 2.19. The molecule has 0 saturated heterocycles. The Morgan fingerprint density at radius 2 is 2.20 bits per heavy atom. The van der Waals surface area contributed by atoms with Gasteiger partial charge in [0.1, 0.15) is 11.6 Å². The Morgan fingerprint density at radius 3 is 2.84 bits per heavy atom. The van der Waals surface area contributed by atoms with E-state index in [1.54, 1.807) is 32.0 Å². The van der Waals surface area contributed by atoms with Crippen molar-refractivity contribution in [1.29, 1.82) is 5.26 Å². The Labute approximate surface area is 158 Å². The number of amides is 1. The number of halogens is 2. The minimum Gasteiger partial charge on any atom is -0.324 e. The van der Waals surface area contributed by atoms with Crippen LogP contribution in [-0.4, -0.2) is 21.1 Å². The Kier molecular flexibility index (Phi) is 6.48. The standard InChI is InChI=1S/C16H14Cl2N4O2S/c1-3-12-10(7-19)15(24)22-16(21-12)25-8(2)14(23)20-13-6-9(17)4-5-11(13)18/h4-6,8H,3H2,1-2H3,(H,20,23)(H,21,22,24)/t8-/m1/s1. The molecule has 2 N–H and O–H groups in total. The molecule has 0 bridgehead atoms. The monoisotopic (exact) mass is 396 g/mol. The van der Waals surface area contributed by atoms with Crippen LogP contribution in [0.15, 0.2) is 28.2 Å². The van der Waals surface area contributed by atoms with Crippen LogP contribution in [0.2, 0.25) is 10.0 Å². The summed E-state index contributed by atoms with van der Waals surface area (Å²) < 4.78 is 0. The zero-order valence-electron chi connectivity index (χ0n) is 13.4. The zero-order valence-corrected chi connectivity index (χ0v) is 15.7. The van der Waals surface area contributed by atoms with Crippen molar-refractivity contribution >= 4 is 46.6 Å². The second kappa shape index (κ2) is 8.39. The number of nitrogens with zero attached hydrogens (tertiary/aromatic N) is 2. The molecule has 2 aromatic rings. The number of rotatable bonds is 5. The normalized spacial score (nSPS) is 11.6. The lowest BCUT2D eigenvalue weighted by atomic mass is 10.2. The first kappa shape index (κ1) is 19.3. The van der Waals surface area contributed by atoms with E-state index in [4.69, 9.17) is 28.5 Å². The van der Waals surface area contributed by atoms with Crippen LogP contribution < -0.4 is 10.9 Å². The van der Waals surface area contributed by atoms with Crippen LogP contribution in [-0.2, 0) is 11.2 Å².